The quantitative estimate of drug-likeness (QED) is 0.558. The summed E-state index contributed by atoms with van der Waals surface area (Å²) in [5, 5.41) is 0.0946. The Morgan fingerprint density at radius 3 is 2.35 bits per heavy atom. The van der Waals surface area contributed by atoms with E-state index in [1.165, 1.54) is 12.1 Å². The molecule has 2 N–H and O–H groups in total. The van der Waals surface area contributed by atoms with Crippen LogP contribution in [0.25, 0.3) is 17.0 Å². The molecule has 0 spiro atoms. The summed E-state index contributed by atoms with van der Waals surface area (Å²) in [6, 6.07) is 2.90. The minimum atomic E-state index is -4.57. The summed E-state index contributed by atoms with van der Waals surface area (Å²) in [5.74, 6) is 5.82. The fourth-order valence-electron chi connectivity index (χ4n) is 2.83. The Kier molecular flexibility index (Phi) is 3.05. The highest BCUT2D eigenvalue weighted by molar-refractivity contribution is 5.90. The lowest BCUT2D eigenvalue weighted by atomic mass is 9.78. The molecule has 0 bridgehead atoms. The van der Waals surface area contributed by atoms with Crippen LogP contribution in [-0.4, -0.2) is 10.9 Å². The first-order valence-electron chi connectivity index (χ1n) is 6.70. The average Bonchev–Trinajstić information content (AvgIpc) is 2.69. The van der Waals surface area contributed by atoms with Crippen LogP contribution < -0.4 is 5.84 Å². The second-order valence-corrected chi connectivity index (χ2v) is 5.89. The third kappa shape index (κ3) is 2.27. The first-order valence-corrected chi connectivity index (χ1v) is 6.70. The summed E-state index contributed by atoms with van der Waals surface area (Å²) in [6.45, 7) is 1.01. The van der Waals surface area contributed by atoms with Crippen molar-refractivity contribution >= 4 is 17.0 Å². The largest absolute Gasteiger partial charge is 0.416 e. The molecule has 1 heterocycles. The number of nitrogen functional groups attached to an aromatic ring is 1. The molecule has 0 saturated heterocycles. The van der Waals surface area contributed by atoms with E-state index in [-0.39, 0.29) is 16.5 Å². The molecule has 1 aromatic carbocycles. The van der Waals surface area contributed by atoms with Gasteiger partial charge >= 0.3 is 12.4 Å². The summed E-state index contributed by atoms with van der Waals surface area (Å²) < 4.78 is 79.4. The Bertz CT molecular complexity index is 812. The second-order valence-electron chi connectivity index (χ2n) is 5.89. The highest BCUT2D eigenvalue weighted by atomic mass is 19.4. The summed E-state index contributed by atoms with van der Waals surface area (Å²) in [7, 11) is 0. The van der Waals surface area contributed by atoms with Gasteiger partial charge in [-0.3, -0.25) is 4.68 Å². The van der Waals surface area contributed by atoms with Crippen molar-refractivity contribution in [1.29, 1.82) is 0 Å². The lowest BCUT2D eigenvalue weighted by Crippen LogP contribution is -2.37. The van der Waals surface area contributed by atoms with Crippen LogP contribution in [0.15, 0.2) is 24.3 Å². The number of alkyl halides is 6. The molecule has 0 amide bonds. The van der Waals surface area contributed by atoms with Crippen molar-refractivity contribution in [3.8, 4) is 0 Å². The Morgan fingerprint density at radius 2 is 1.78 bits per heavy atom. The Morgan fingerprint density at radius 1 is 1.13 bits per heavy atom. The third-order valence-electron chi connectivity index (χ3n) is 4.28. The number of benzene rings is 1. The van der Waals surface area contributed by atoms with Crippen LogP contribution in [0.1, 0.15) is 23.7 Å². The normalized spacial score (nSPS) is 21.7. The molecule has 0 saturated carbocycles. The molecule has 1 atom stereocenters. The van der Waals surface area contributed by atoms with Crippen LogP contribution in [-0.2, 0) is 12.6 Å². The van der Waals surface area contributed by atoms with Gasteiger partial charge in [0.25, 0.3) is 0 Å². The molecular formula is C15H12F6N2. The zero-order chi connectivity index (χ0) is 17.2. The predicted octanol–water partition coefficient (Wildman–Crippen LogP) is 4.51. The predicted molar refractivity (Wildman–Crippen MR) is 74.0 cm³/mol. The summed E-state index contributed by atoms with van der Waals surface area (Å²) in [6.07, 6.45) is -7.31. The molecule has 8 heteroatoms. The van der Waals surface area contributed by atoms with E-state index < -0.39 is 29.8 Å². The van der Waals surface area contributed by atoms with E-state index in [1.54, 1.807) is 0 Å². The fraction of sp³-hybridized carbons (Fsp3) is 0.333. The number of nitrogens with two attached hydrogens (primary N) is 1. The van der Waals surface area contributed by atoms with Crippen molar-refractivity contribution in [3.63, 3.8) is 0 Å². The van der Waals surface area contributed by atoms with Gasteiger partial charge in [0.15, 0.2) is 0 Å². The molecule has 1 aliphatic carbocycles. The van der Waals surface area contributed by atoms with Crippen LogP contribution >= 0.6 is 0 Å². The number of allylic oxidation sites excluding steroid dienone is 1. The van der Waals surface area contributed by atoms with E-state index in [1.807, 2.05) is 0 Å². The standard InChI is InChI=1S/C15H12F6N2/c1-13(15(19,20)21)5-4-12-10(7-13)9-6-8(14(16,17)18)2-3-11(9)23(12)22/h2-6H,7,22H2,1H3. The number of hydrogen-bond acceptors (Lipinski definition) is 1. The van der Waals surface area contributed by atoms with E-state index in [0.29, 0.717) is 5.69 Å². The van der Waals surface area contributed by atoms with Gasteiger partial charge in [0.2, 0.25) is 0 Å². The van der Waals surface area contributed by atoms with Crippen LogP contribution in [0.4, 0.5) is 26.3 Å². The first kappa shape index (κ1) is 15.8. The van der Waals surface area contributed by atoms with Crippen molar-refractivity contribution in [2.75, 3.05) is 5.84 Å². The highest BCUT2D eigenvalue weighted by Gasteiger charge is 2.51. The van der Waals surface area contributed by atoms with Crippen LogP contribution in [0.3, 0.4) is 0 Å². The molecule has 2 aromatic rings. The van der Waals surface area contributed by atoms with Crippen molar-refractivity contribution < 1.29 is 26.3 Å². The maximum absolute atomic E-state index is 13.2. The smallest absolute Gasteiger partial charge is 0.339 e. The van der Waals surface area contributed by atoms with Crippen LogP contribution in [0.5, 0.6) is 0 Å². The van der Waals surface area contributed by atoms with Crippen molar-refractivity contribution in [2.24, 2.45) is 5.41 Å². The molecule has 1 aromatic heterocycles. The third-order valence-corrected chi connectivity index (χ3v) is 4.28. The number of aromatic nitrogens is 1. The molecule has 0 radical (unpaired) electrons. The zero-order valence-electron chi connectivity index (χ0n) is 11.9. The van der Waals surface area contributed by atoms with Crippen molar-refractivity contribution in [3.05, 3.63) is 41.1 Å². The number of fused-ring (bicyclic) bond motifs is 3. The monoisotopic (exact) mass is 334 g/mol. The zero-order valence-corrected chi connectivity index (χ0v) is 11.9. The van der Waals surface area contributed by atoms with Crippen molar-refractivity contribution in [1.82, 2.24) is 4.68 Å². The minimum Gasteiger partial charge on any atom is -0.339 e. The molecule has 1 unspecified atom stereocenters. The molecular weight excluding hydrogens is 322 g/mol. The average molecular weight is 334 g/mol. The maximum Gasteiger partial charge on any atom is 0.416 e. The first-order chi connectivity index (χ1) is 10.4. The van der Waals surface area contributed by atoms with Gasteiger partial charge < -0.3 is 5.84 Å². The fourth-order valence-corrected chi connectivity index (χ4v) is 2.83. The van der Waals surface area contributed by atoms with E-state index in [4.69, 9.17) is 5.84 Å². The molecule has 2 nitrogen and oxygen atoms in total. The molecule has 124 valence electrons. The van der Waals surface area contributed by atoms with Gasteiger partial charge in [-0.1, -0.05) is 6.08 Å². The SMILES string of the molecule is CC1(C(F)(F)F)C=Cc2c(c3cc(C(F)(F)F)ccc3n2N)C1. The highest BCUT2D eigenvalue weighted by Crippen LogP contribution is 2.47. The molecule has 1 aliphatic rings. The Labute approximate surface area is 127 Å². The lowest BCUT2D eigenvalue weighted by molar-refractivity contribution is -0.199. The van der Waals surface area contributed by atoms with Gasteiger partial charge in [-0.25, -0.2) is 0 Å². The van der Waals surface area contributed by atoms with E-state index in [0.717, 1.165) is 29.8 Å². The number of nitrogens with zero attached hydrogens (tertiary/aromatic N) is 1. The number of rotatable bonds is 0. The summed E-state index contributed by atoms with van der Waals surface area (Å²) in [4.78, 5) is 0. The second kappa shape index (κ2) is 4.46. The Hall–Kier alpha value is -2.12. The number of hydrogen-bond donors (Lipinski definition) is 1. The van der Waals surface area contributed by atoms with E-state index in [2.05, 4.69) is 0 Å². The summed E-state index contributed by atoms with van der Waals surface area (Å²) >= 11 is 0. The van der Waals surface area contributed by atoms with Crippen LogP contribution in [0, 0.1) is 5.41 Å². The van der Waals surface area contributed by atoms with Gasteiger partial charge in [0.05, 0.1) is 22.2 Å². The number of halogens is 6. The minimum absolute atomic E-state index is 0.0946. The molecule has 3 rings (SSSR count). The van der Waals surface area contributed by atoms with E-state index in [9.17, 15) is 26.3 Å². The summed E-state index contributed by atoms with van der Waals surface area (Å²) in [5.41, 5.74) is -2.32. The van der Waals surface area contributed by atoms with Gasteiger partial charge in [0.1, 0.15) is 0 Å². The Balaban J connectivity index is 2.24. The molecule has 23 heavy (non-hydrogen) atoms. The molecule has 0 aliphatic heterocycles. The van der Waals surface area contributed by atoms with Crippen LogP contribution in [0.2, 0.25) is 0 Å². The lowest BCUT2D eigenvalue weighted by Gasteiger charge is -2.31. The van der Waals surface area contributed by atoms with E-state index >= 15 is 0 Å². The van der Waals surface area contributed by atoms with Crippen molar-refractivity contribution in [2.45, 2.75) is 25.7 Å². The van der Waals surface area contributed by atoms with Gasteiger partial charge in [-0.15, -0.1) is 0 Å². The van der Waals surface area contributed by atoms with Gasteiger partial charge in [-0.2, -0.15) is 26.3 Å². The molecule has 0 fully saturated rings. The topological polar surface area (TPSA) is 30.9 Å². The maximum atomic E-state index is 13.2. The van der Waals surface area contributed by atoms with Gasteiger partial charge in [0, 0.05) is 5.39 Å². The van der Waals surface area contributed by atoms with Gasteiger partial charge in [-0.05, 0) is 43.2 Å².